The van der Waals surface area contributed by atoms with E-state index in [9.17, 15) is 0 Å². The summed E-state index contributed by atoms with van der Waals surface area (Å²) in [6.45, 7) is 8.03. The molecule has 0 saturated carbocycles. The summed E-state index contributed by atoms with van der Waals surface area (Å²) in [5, 5.41) is 0. The van der Waals surface area contributed by atoms with Crippen LogP contribution in [0.4, 0.5) is 0 Å². The van der Waals surface area contributed by atoms with Crippen LogP contribution >= 0.6 is 0 Å². The van der Waals surface area contributed by atoms with Gasteiger partial charge in [0.15, 0.2) is 0 Å². The summed E-state index contributed by atoms with van der Waals surface area (Å²) >= 11 is 0. The molecule has 54 valence electrons. The van der Waals surface area contributed by atoms with Crippen LogP contribution < -0.4 is 11.5 Å². The van der Waals surface area contributed by atoms with Crippen molar-refractivity contribution in [1.82, 2.24) is 0 Å². The molecule has 0 aromatic rings. The van der Waals surface area contributed by atoms with E-state index in [2.05, 4.69) is 6.58 Å². The maximum atomic E-state index is 5.05. The Morgan fingerprint density at radius 3 is 2.00 bits per heavy atom. The van der Waals surface area contributed by atoms with E-state index in [1.807, 2.05) is 13.8 Å². The first-order valence-corrected chi connectivity index (χ1v) is 2.93. The largest absolute Gasteiger partial charge is 0.404 e. The molecule has 0 aliphatic rings. The fourth-order valence-corrected chi connectivity index (χ4v) is 0.0680. The first-order valence-electron chi connectivity index (χ1n) is 2.93. The molecule has 0 aliphatic carbocycles. The number of nitrogens with two attached hydrogens (primary N) is 2. The lowest BCUT2D eigenvalue weighted by molar-refractivity contribution is 1.14. The van der Waals surface area contributed by atoms with Gasteiger partial charge >= 0.3 is 0 Å². The predicted molar refractivity (Wildman–Crippen MR) is 42.9 cm³/mol. The van der Waals surface area contributed by atoms with Gasteiger partial charge in [-0.25, -0.2) is 0 Å². The third kappa shape index (κ3) is 18.9. The first-order chi connectivity index (χ1) is 4.22. The fourth-order valence-electron chi connectivity index (χ4n) is 0.0680. The maximum absolute atomic E-state index is 5.05. The number of hydrogen-bond acceptors (Lipinski definition) is 2. The molecule has 0 aromatic heterocycles. The third-order valence-corrected chi connectivity index (χ3v) is 0.585. The average Bonchev–Trinajstić information content (AvgIpc) is 1.88. The van der Waals surface area contributed by atoms with Crippen LogP contribution in [0, 0.1) is 0 Å². The van der Waals surface area contributed by atoms with Gasteiger partial charge < -0.3 is 11.5 Å². The van der Waals surface area contributed by atoms with Crippen molar-refractivity contribution in [2.24, 2.45) is 11.5 Å². The van der Waals surface area contributed by atoms with E-state index in [1.54, 1.807) is 6.08 Å². The maximum Gasteiger partial charge on any atom is -0.00328 e. The Hall–Kier alpha value is -0.760. The van der Waals surface area contributed by atoms with Gasteiger partial charge in [0, 0.05) is 0 Å². The molecule has 0 aromatic carbocycles. The Morgan fingerprint density at radius 2 is 2.00 bits per heavy atom. The zero-order valence-electron chi connectivity index (χ0n) is 6.22. The summed E-state index contributed by atoms with van der Waals surface area (Å²) < 4.78 is 0. The van der Waals surface area contributed by atoms with E-state index in [1.165, 1.54) is 6.20 Å². The van der Waals surface area contributed by atoms with E-state index in [0.717, 1.165) is 12.1 Å². The third-order valence-electron chi connectivity index (χ3n) is 0.585. The van der Waals surface area contributed by atoms with Crippen molar-refractivity contribution in [3.8, 4) is 0 Å². The molecule has 0 unspecified atom stereocenters. The topological polar surface area (TPSA) is 52.0 Å². The van der Waals surface area contributed by atoms with Gasteiger partial charge in [-0.15, -0.1) is 0 Å². The van der Waals surface area contributed by atoms with E-state index in [-0.39, 0.29) is 0 Å². The van der Waals surface area contributed by atoms with Crippen molar-refractivity contribution in [3.05, 3.63) is 24.4 Å². The lowest BCUT2D eigenvalue weighted by Gasteiger charge is -1.78. The molecule has 2 heteroatoms. The van der Waals surface area contributed by atoms with Crippen molar-refractivity contribution >= 4 is 0 Å². The SMILES string of the molecule is C=C/C(C)=C\N.CCN. The molecular formula is C7H16N2. The van der Waals surface area contributed by atoms with Crippen LogP contribution in [0.15, 0.2) is 24.4 Å². The molecule has 0 spiro atoms. The predicted octanol–water partition coefficient (Wildman–Crippen LogP) is 1.000. The Bertz CT molecular complexity index is 84.9. The highest BCUT2D eigenvalue weighted by atomic mass is 14.5. The van der Waals surface area contributed by atoms with E-state index < -0.39 is 0 Å². The molecule has 0 fully saturated rings. The zero-order valence-corrected chi connectivity index (χ0v) is 6.22. The van der Waals surface area contributed by atoms with Gasteiger partial charge in [-0.3, -0.25) is 0 Å². The van der Waals surface area contributed by atoms with Crippen molar-refractivity contribution < 1.29 is 0 Å². The van der Waals surface area contributed by atoms with Crippen LogP contribution in [-0.2, 0) is 0 Å². The van der Waals surface area contributed by atoms with Crippen LogP contribution in [0.3, 0.4) is 0 Å². The summed E-state index contributed by atoms with van der Waals surface area (Å²) in [5.41, 5.74) is 10.9. The summed E-state index contributed by atoms with van der Waals surface area (Å²) in [6.07, 6.45) is 3.23. The standard InChI is InChI=1S/C5H9N.C2H7N/c1-3-5(2)4-6;1-2-3/h3-4H,1,6H2,2H3;2-3H2,1H3/b5-4-;. The minimum atomic E-state index is 0.750. The summed E-state index contributed by atoms with van der Waals surface area (Å²) in [4.78, 5) is 0. The van der Waals surface area contributed by atoms with Gasteiger partial charge in [0.2, 0.25) is 0 Å². The molecule has 0 rings (SSSR count). The van der Waals surface area contributed by atoms with Gasteiger partial charge in [-0.1, -0.05) is 19.6 Å². The summed E-state index contributed by atoms with van der Waals surface area (Å²) in [5.74, 6) is 0. The molecule has 0 amide bonds. The van der Waals surface area contributed by atoms with Crippen LogP contribution in [0.25, 0.3) is 0 Å². The lowest BCUT2D eigenvalue weighted by atomic mass is 10.3. The summed E-state index contributed by atoms with van der Waals surface area (Å²) in [6, 6.07) is 0. The van der Waals surface area contributed by atoms with Crippen molar-refractivity contribution in [2.75, 3.05) is 6.54 Å². The Balaban J connectivity index is 0. The van der Waals surface area contributed by atoms with Crippen molar-refractivity contribution in [2.45, 2.75) is 13.8 Å². The number of allylic oxidation sites excluding steroid dienone is 2. The minimum absolute atomic E-state index is 0.750. The Kier molecular flexibility index (Phi) is 12.7. The quantitative estimate of drug-likeness (QED) is 0.518. The Labute approximate surface area is 57.2 Å². The fraction of sp³-hybridized carbons (Fsp3) is 0.429. The van der Waals surface area contributed by atoms with E-state index in [0.29, 0.717) is 0 Å². The van der Waals surface area contributed by atoms with E-state index in [4.69, 9.17) is 11.5 Å². The van der Waals surface area contributed by atoms with Gasteiger partial charge in [0.25, 0.3) is 0 Å². The lowest BCUT2D eigenvalue weighted by Crippen LogP contribution is -1.87. The first kappa shape index (κ1) is 11.1. The monoisotopic (exact) mass is 128 g/mol. The molecule has 2 nitrogen and oxygen atoms in total. The van der Waals surface area contributed by atoms with Crippen LogP contribution in [-0.4, -0.2) is 6.54 Å². The molecule has 4 N–H and O–H groups in total. The van der Waals surface area contributed by atoms with Gasteiger partial charge in [-0.05, 0) is 25.2 Å². The molecule has 9 heavy (non-hydrogen) atoms. The van der Waals surface area contributed by atoms with Gasteiger partial charge in [0.05, 0.1) is 0 Å². The highest BCUT2D eigenvalue weighted by molar-refractivity contribution is 5.10. The molecule has 0 bridgehead atoms. The molecular weight excluding hydrogens is 112 g/mol. The highest BCUT2D eigenvalue weighted by Gasteiger charge is 1.67. The van der Waals surface area contributed by atoms with Crippen LogP contribution in [0.2, 0.25) is 0 Å². The number of rotatable bonds is 1. The molecule has 0 saturated heterocycles. The normalized spacial score (nSPS) is 9.44. The smallest absolute Gasteiger partial charge is 0.00328 e. The Morgan fingerprint density at radius 1 is 1.67 bits per heavy atom. The number of hydrogen-bond donors (Lipinski definition) is 2. The minimum Gasteiger partial charge on any atom is -0.404 e. The second-order valence-corrected chi connectivity index (χ2v) is 1.52. The van der Waals surface area contributed by atoms with Crippen molar-refractivity contribution in [3.63, 3.8) is 0 Å². The zero-order chi connectivity index (χ0) is 7.70. The molecule has 0 aliphatic heterocycles. The molecule has 0 heterocycles. The summed E-state index contributed by atoms with van der Waals surface area (Å²) in [7, 11) is 0. The van der Waals surface area contributed by atoms with E-state index >= 15 is 0 Å². The highest BCUT2D eigenvalue weighted by Crippen LogP contribution is 1.84. The van der Waals surface area contributed by atoms with Gasteiger partial charge in [-0.2, -0.15) is 0 Å². The van der Waals surface area contributed by atoms with Crippen LogP contribution in [0.5, 0.6) is 0 Å². The van der Waals surface area contributed by atoms with Gasteiger partial charge in [0.1, 0.15) is 0 Å². The average molecular weight is 128 g/mol. The molecule has 0 atom stereocenters. The second kappa shape index (κ2) is 10.3. The van der Waals surface area contributed by atoms with Crippen molar-refractivity contribution in [1.29, 1.82) is 0 Å². The molecule has 0 radical (unpaired) electrons. The second-order valence-electron chi connectivity index (χ2n) is 1.52. The van der Waals surface area contributed by atoms with Crippen LogP contribution in [0.1, 0.15) is 13.8 Å².